The number of hydrogen-bond acceptors (Lipinski definition) is 6. The van der Waals surface area contributed by atoms with Crippen molar-refractivity contribution >= 4 is 5.69 Å². The fourth-order valence-corrected chi connectivity index (χ4v) is 2.75. The zero-order valence-electron chi connectivity index (χ0n) is 10.6. The van der Waals surface area contributed by atoms with Gasteiger partial charge >= 0.3 is 0 Å². The normalized spacial score (nSPS) is 25.6. The van der Waals surface area contributed by atoms with Gasteiger partial charge in [0.1, 0.15) is 6.10 Å². The Balaban J connectivity index is 1.68. The second kappa shape index (κ2) is 4.82. The van der Waals surface area contributed by atoms with E-state index in [0.29, 0.717) is 6.61 Å². The van der Waals surface area contributed by atoms with E-state index in [1.165, 1.54) is 6.33 Å². The highest BCUT2D eigenvalue weighted by atomic mass is 16.6. The fraction of sp³-hybridized carbons (Fsp3) is 0.667. The van der Waals surface area contributed by atoms with Crippen LogP contribution in [0.1, 0.15) is 19.3 Å². The van der Waals surface area contributed by atoms with Gasteiger partial charge in [-0.2, -0.15) is 0 Å². The molecule has 7 heteroatoms. The Morgan fingerprint density at radius 2 is 2.26 bits per heavy atom. The van der Waals surface area contributed by atoms with Gasteiger partial charge in [0.25, 0.3) is 5.56 Å². The summed E-state index contributed by atoms with van der Waals surface area (Å²) in [5.41, 5.74) is 5.22. The van der Waals surface area contributed by atoms with Gasteiger partial charge < -0.3 is 25.5 Å². The van der Waals surface area contributed by atoms with Crippen molar-refractivity contribution in [3.63, 3.8) is 0 Å². The lowest BCUT2D eigenvalue weighted by Gasteiger charge is -2.32. The van der Waals surface area contributed by atoms with Crippen molar-refractivity contribution in [3.8, 4) is 5.88 Å². The fourth-order valence-electron chi connectivity index (χ4n) is 2.75. The van der Waals surface area contributed by atoms with E-state index in [4.69, 9.17) is 15.2 Å². The van der Waals surface area contributed by atoms with Crippen LogP contribution in [-0.2, 0) is 4.74 Å². The lowest BCUT2D eigenvalue weighted by atomic mass is 9.89. The molecular formula is C12H18N4O3. The van der Waals surface area contributed by atoms with Gasteiger partial charge in [-0.05, 0) is 25.9 Å². The summed E-state index contributed by atoms with van der Waals surface area (Å²) in [7, 11) is 0. The first-order chi connectivity index (χ1) is 9.19. The van der Waals surface area contributed by atoms with E-state index < -0.39 is 0 Å². The SMILES string of the molecule is Nc1c(OC2COC3(CCNCC3)C2)nc[nH]c1=O. The second-order valence-electron chi connectivity index (χ2n) is 5.14. The molecule has 3 rings (SSSR count). The zero-order valence-corrected chi connectivity index (χ0v) is 10.6. The molecule has 104 valence electrons. The van der Waals surface area contributed by atoms with Crippen LogP contribution in [0, 0.1) is 0 Å². The number of nitrogens with one attached hydrogen (secondary N) is 2. The molecular weight excluding hydrogens is 248 g/mol. The van der Waals surface area contributed by atoms with Crippen LogP contribution < -0.4 is 21.3 Å². The van der Waals surface area contributed by atoms with Gasteiger partial charge in [-0.25, -0.2) is 4.98 Å². The molecule has 2 saturated heterocycles. The smallest absolute Gasteiger partial charge is 0.277 e. The molecule has 1 aromatic rings. The molecule has 1 atom stereocenters. The van der Waals surface area contributed by atoms with Crippen LogP contribution in [0.2, 0.25) is 0 Å². The van der Waals surface area contributed by atoms with Gasteiger partial charge in [0.2, 0.25) is 5.88 Å². The van der Waals surface area contributed by atoms with Gasteiger partial charge in [-0.1, -0.05) is 0 Å². The highest BCUT2D eigenvalue weighted by Gasteiger charge is 2.42. The number of nitrogen functional groups attached to an aromatic ring is 1. The number of aromatic amines is 1. The van der Waals surface area contributed by atoms with Crippen molar-refractivity contribution in [2.75, 3.05) is 25.4 Å². The highest BCUT2D eigenvalue weighted by Crippen LogP contribution is 2.35. The first kappa shape index (κ1) is 12.4. The van der Waals surface area contributed by atoms with Crippen LogP contribution in [0.3, 0.4) is 0 Å². The van der Waals surface area contributed by atoms with E-state index in [1.54, 1.807) is 0 Å². The number of piperidine rings is 1. The van der Waals surface area contributed by atoms with Crippen LogP contribution >= 0.6 is 0 Å². The monoisotopic (exact) mass is 266 g/mol. The summed E-state index contributed by atoms with van der Waals surface area (Å²) in [4.78, 5) is 17.7. The first-order valence-corrected chi connectivity index (χ1v) is 6.53. The number of anilines is 1. The summed E-state index contributed by atoms with van der Waals surface area (Å²) in [5.74, 6) is 0.198. The molecule has 1 spiro atoms. The maximum atomic E-state index is 11.4. The van der Waals surface area contributed by atoms with Gasteiger partial charge in [-0.3, -0.25) is 4.79 Å². The van der Waals surface area contributed by atoms with Crippen LogP contribution in [0.15, 0.2) is 11.1 Å². The van der Waals surface area contributed by atoms with Crippen molar-refractivity contribution in [1.29, 1.82) is 0 Å². The van der Waals surface area contributed by atoms with Gasteiger partial charge in [-0.15, -0.1) is 0 Å². The maximum absolute atomic E-state index is 11.4. The third-order valence-corrected chi connectivity index (χ3v) is 3.82. The number of rotatable bonds is 2. The van der Waals surface area contributed by atoms with E-state index in [2.05, 4.69) is 15.3 Å². The molecule has 0 bridgehead atoms. The molecule has 0 saturated carbocycles. The van der Waals surface area contributed by atoms with Gasteiger partial charge in [0.15, 0.2) is 5.69 Å². The Hall–Kier alpha value is -1.60. The van der Waals surface area contributed by atoms with Gasteiger partial charge in [0, 0.05) is 6.42 Å². The van der Waals surface area contributed by atoms with Crippen molar-refractivity contribution in [1.82, 2.24) is 15.3 Å². The quantitative estimate of drug-likeness (QED) is 0.675. The molecule has 1 aromatic heterocycles. The van der Waals surface area contributed by atoms with Crippen LogP contribution in [0.4, 0.5) is 5.69 Å². The number of nitrogens with zero attached hydrogens (tertiary/aromatic N) is 1. The van der Waals surface area contributed by atoms with Crippen molar-refractivity contribution < 1.29 is 9.47 Å². The van der Waals surface area contributed by atoms with Crippen LogP contribution in [-0.4, -0.2) is 41.4 Å². The first-order valence-electron chi connectivity index (χ1n) is 6.53. The summed E-state index contributed by atoms with van der Waals surface area (Å²) in [6.45, 7) is 2.46. The lowest BCUT2D eigenvalue weighted by molar-refractivity contribution is -0.0205. The van der Waals surface area contributed by atoms with Crippen molar-refractivity contribution in [2.45, 2.75) is 31.0 Å². The number of hydrogen-bond donors (Lipinski definition) is 3. The number of ether oxygens (including phenoxy) is 2. The minimum Gasteiger partial charge on any atom is -0.470 e. The van der Waals surface area contributed by atoms with E-state index in [0.717, 1.165) is 32.4 Å². The minimum atomic E-state index is -0.375. The topological polar surface area (TPSA) is 102 Å². The molecule has 0 aliphatic carbocycles. The third kappa shape index (κ3) is 2.43. The second-order valence-corrected chi connectivity index (χ2v) is 5.14. The number of aromatic nitrogens is 2. The van der Waals surface area contributed by atoms with E-state index >= 15 is 0 Å². The van der Waals surface area contributed by atoms with Crippen LogP contribution in [0.25, 0.3) is 0 Å². The molecule has 2 aliphatic rings. The van der Waals surface area contributed by atoms with Gasteiger partial charge in [0.05, 0.1) is 18.5 Å². The van der Waals surface area contributed by atoms with E-state index in [9.17, 15) is 4.79 Å². The summed E-state index contributed by atoms with van der Waals surface area (Å²) >= 11 is 0. The van der Waals surface area contributed by atoms with Crippen LogP contribution in [0.5, 0.6) is 5.88 Å². The summed E-state index contributed by atoms with van der Waals surface area (Å²) in [6, 6.07) is 0. The van der Waals surface area contributed by atoms with Crippen molar-refractivity contribution in [2.24, 2.45) is 0 Å². The molecule has 0 aromatic carbocycles. The summed E-state index contributed by atoms with van der Waals surface area (Å²) < 4.78 is 11.6. The molecule has 3 heterocycles. The largest absolute Gasteiger partial charge is 0.470 e. The van der Waals surface area contributed by atoms with E-state index in [1.807, 2.05) is 0 Å². The molecule has 2 fully saturated rings. The molecule has 1 unspecified atom stereocenters. The Bertz CT molecular complexity index is 510. The van der Waals surface area contributed by atoms with E-state index in [-0.39, 0.29) is 28.8 Å². The Kier molecular flexibility index (Phi) is 3.16. The minimum absolute atomic E-state index is 0.0220. The molecule has 0 amide bonds. The summed E-state index contributed by atoms with van der Waals surface area (Å²) in [5, 5.41) is 3.32. The predicted molar refractivity (Wildman–Crippen MR) is 69.1 cm³/mol. The molecule has 2 aliphatic heterocycles. The standard InChI is InChI=1S/C12H18N4O3/c13-9-10(17)15-7-16-11(9)19-8-5-12(18-6-8)1-3-14-4-2-12/h7-8,14H,1-6,13H2,(H,15,16,17). The average Bonchev–Trinajstić information content (AvgIpc) is 2.79. The molecule has 4 N–H and O–H groups in total. The third-order valence-electron chi connectivity index (χ3n) is 3.82. The molecule has 19 heavy (non-hydrogen) atoms. The maximum Gasteiger partial charge on any atom is 0.277 e. The highest BCUT2D eigenvalue weighted by molar-refractivity contribution is 5.44. The number of H-pyrrole nitrogens is 1. The Morgan fingerprint density at radius 3 is 3.05 bits per heavy atom. The number of nitrogens with two attached hydrogens (primary N) is 1. The Labute approximate surface area is 110 Å². The summed E-state index contributed by atoms with van der Waals surface area (Å²) in [6.07, 6.45) is 4.01. The molecule has 7 nitrogen and oxygen atoms in total. The van der Waals surface area contributed by atoms with Crippen molar-refractivity contribution in [3.05, 3.63) is 16.7 Å². The Morgan fingerprint density at radius 1 is 1.47 bits per heavy atom. The zero-order chi connectivity index (χ0) is 13.3. The molecule has 0 radical (unpaired) electrons. The predicted octanol–water partition coefficient (Wildman–Crippen LogP) is -0.358. The lowest BCUT2D eigenvalue weighted by Crippen LogP contribution is -2.41. The average molecular weight is 266 g/mol.